The van der Waals surface area contributed by atoms with Gasteiger partial charge in [0.1, 0.15) is 6.61 Å². The maximum atomic E-state index is 13.5. The zero-order valence-electron chi connectivity index (χ0n) is 12.7. The average Bonchev–Trinajstić information content (AvgIpc) is 2.96. The third kappa shape index (κ3) is 2.97. The topological polar surface area (TPSA) is 43.6 Å². The predicted octanol–water partition coefficient (Wildman–Crippen LogP) is 4.13. The normalized spacial score (nSPS) is 11.7. The highest BCUT2D eigenvalue weighted by Crippen LogP contribution is 2.37. The van der Waals surface area contributed by atoms with Gasteiger partial charge in [-0.2, -0.15) is 18.3 Å². The van der Waals surface area contributed by atoms with Crippen LogP contribution in [0.1, 0.15) is 28.5 Å². The lowest BCUT2D eigenvalue weighted by Gasteiger charge is -2.15. The number of carbonyl (C=O) groups is 1. The van der Waals surface area contributed by atoms with Gasteiger partial charge >= 0.3 is 6.18 Å². The molecule has 0 bridgehead atoms. The number of aromatic nitrogens is 2. The number of Topliss-reactive ketones (excluding diaryl/α,β-unsaturated/α-hetero) is 1. The van der Waals surface area contributed by atoms with Gasteiger partial charge in [-0.25, -0.2) is 4.52 Å². The lowest BCUT2D eigenvalue weighted by atomic mass is 10.2. The molecule has 0 aliphatic carbocycles. The molecule has 2 aromatic heterocycles. The minimum Gasteiger partial charge on any atom is -0.487 e. The molecule has 24 heavy (non-hydrogen) atoms. The van der Waals surface area contributed by atoms with Gasteiger partial charge in [-0.1, -0.05) is 30.3 Å². The van der Waals surface area contributed by atoms with Crippen LogP contribution < -0.4 is 4.74 Å². The molecule has 0 N–H and O–H groups in total. The molecule has 0 unspecified atom stereocenters. The van der Waals surface area contributed by atoms with Gasteiger partial charge in [-0.05, 0) is 24.6 Å². The summed E-state index contributed by atoms with van der Waals surface area (Å²) in [6, 6.07) is 11.5. The molecule has 124 valence electrons. The number of alkyl halides is 3. The number of hydrogen-bond donors (Lipinski definition) is 0. The van der Waals surface area contributed by atoms with Crippen LogP contribution in [0.2, 0.25) is 0 Å². The van der Waals surface area contributed by atoms with E-state index in [2.05, 4.69) is 5.10 Å². The van der Waals surface area contributed by atoms with E-state index in [9.17, 15) is 18.0 Å². The van der Waals surface area contributed by atoms with Crippen LogP contribution in [0, 0.1) is 0 Å². The van der Waals surface area contributed by atoms with Gasteiger partial charge in [-0.15, -0.1) is 0 Å². The Kier molecular flexibility index (Phi) is 4.01. The first kappa shape index (κ1) is 16.0. The van der Waals surface area contributed by atoms with E-state index in [0.717, 1.165) is 11.8 Å². The summed E-state index contributed by atoms with van der Waals surface area (Å²) in [7, 11) is 0. The molecule has 0 aliphatic heterocycles. The van der Waals surface area contributed by atoms with Crippen LogP contribution in [0.15, 0.2) is 48.7 Å². The molecule has 0 spiro atoms. The maximum Gasteiger partial charge on any atom is 0.437 e. The van der Waals surface area contributed by atoms with Crippen molar-refractivity contribution in [1.29, 1.82) is 0 Å². The molecule has 1 aromatic carbocycles. The Balaban J connectivity index is 2.06. The average molecular weight is 334 g/mol. The molecule has 3 aromatic rings. The Morgan fingerprint density at radius 1 is 1.17 bits per heavy atom. The number of nitrogens with zero attached hydrogens (tertiary/aromatic N) is 2. The Morgan fingerprint density at radius 2 is 1.88 bits per heavy atom. The standard InChI is InChI=1S/C17H13F3N2O2/c1-11(23)13-9-21-22-14(13)7-8-15(16(22)17(18,19)20)24-10-12-5-3-2-4-6-12/h2-9H,10H2,1H3. The summed E-state index contributed by atoms with van der Waals surface area (Å²) in [6.07, 6.45) is -3.54. The highest BCUT2D eigenvalue weighted by atomic mass is 19.4. The lowest BCUT2D eigenvalue weighted by Crippen LogP contribution is -2.15. The van der Waals surface area contributed by atoms with E-state index in [1.807, 2.05) is 6.07 Å². The highest BCUT2D eigenvalue weighted by molar-refractivity contribution is 6.00. The van der Waals surface area contributed by atoms with E-state index >= 15 is 0 Å². The quantitative estimate of drug-likeness (QED) is 0.674. The van der Waals surface area contributed by atoms with Crippen molar-refractivity contribution in [2.45, 2.75) is 19.7 Å². The SMILES string of the molecule is CC(=O)c1cnn2c(C(F)(F)F)c(OCc3ccccc3)ccc12. The molecular weight excluding hydrogens is 321 g/mol. The number of hydrogen-bond acceptors (Lipinski definition) is 3. The Labute approximate surface area is 135 Å². The minimum atomic E-state index is -4.67. The first-order valence-electron chi connectivity index (χ1n) is 7.13. The second-order valence-corrected chi connectivity index (χ2v) is 5.23. The molecule has 7 heteroatoms. The summed E-state index contributed by atoms with van der Waals surface area (Å²) >= 11 is 0. The summed E-state index contributed by atoms with van der Waals surface area (Å²) in [5.74, 6) is -0.687. The van der Waals surface area contributed by atoms with E-state index < -0.39 is 11.9 Å². The van der Waals surface area contributed by atoms with Crippen molar-refractivity contribution in [3.05, 3.63) is 65.5 Å². The molecule has 3 rings (SSSR count). The molecule has 2 heterocycles. The fourth-order valence-electron chi connectivity index (χ4n) is 2.42. The number of pyridine rings is 1. The predicted molar refractivity (Wildman–Crippen MR) is 81.0 cm³/mol. The molecule has 0 saturated carbocycles. The van der Waals surface area contributed by atoms with Crippen molar-refractivity contribution in [3.63, 3.8) is 0 Å². The largest absolute Gasteiger partial charge is 0.487 e. The Morgan fingerprint density at radius 3 is 2.50 bits per heavy atom. The van der Waals surface area contributed by atoms with Crippen molar-refractivity contribution in [1.82, 2.24) is 9.61 Å². The van der Waals surface area contributed by atoms with Crippen molar-refractivity contribution >= 4 is 11.3 Å². The van der Waals surface area contributed by atoms with Crippen molar-refractivity contribution < 1.29 is 22.7 Å². The fourth-order valence-corrected chi connectivity index (χ4v) is 2.42. The number of halogens is 3. The summed E-state index contributed by atoms with van der Waals surface area (Å²) in [5.41, 5.74) is -0.0592. The monoisotopic (exact) mass is 334 g/mol. The molecule has 0 fully saturated rings. The molecule has 0 aliphatic rings. The molecule has 0 atom stereocenters. The van der Waals surface area contributed by atoms with Gasteiger partial charge in [-0.3, -0.25) is 4.79 Å². The van der Waals surface area contributed by atoms with Crippen molar-refractivity contribution in [2.24, 2.45) is 0 Å². The second-order valence-electron chi connectivity index (χ2n) is 5.23. The Hall–Kier alpha value is -2.83. The van der Waals surface area contributed by atoms with E-state index in [1.165, 1.54) is 19.1 Å². The third-order valence-electron chi connectivity index (χ3n) is 3.53. The van der Waals surface area contributed by atoms with Gasteiger partial charge in [0.2, 0.25) is 0 Å². The molecule has 0 radical (unpaired) electrons. The number of carbonyl (C=O) groups excluding carboxylic acids is 1. The van der Waals surface area contributed by atoms with Gasteiger partial charge in [0.25, 0.3) is 0 Å². The van der Waals surface area contributed by atoms with Crippen LogP contribution in [0.25, 0.3) is 5.52 Å². The molecule has 0 saturated heterocycles. The smallest absolute Gasteiger partial charge is 0.437 e. The van der Waals surface area contributed by atoms with E-state index in [1.54, 1.807) is 24.3 Å². The lowest BCUT2D eigenvalue weighted by molar-refractivity contribution is -0.144. The Bertz CT molecular complexity index is 886. The third-order valence-corrected chi connectivity index (χ3v) is 3.53. The number of benzene rings is 1. The van der Waals surface area contributed by atoms with E-state index in [0.29, 0.717) is 4.52 Å². The zero-order valence-corrected chi connectivity index (χ0v) is 12.7. The molecule has 0 amide bonds. The minimum absolute atomic E-state index is 0.00371. The van der Waals surface area contributed by atoms with Crippen LogP contribution in [0.4, 0.5) is 13.2 Å². The first-order valence-corrected chi connectivity index (χ1v) is 7.13. The highest BCUT2D eigenvalue weighted by Gasteiger charge is 2.38. The van der Waals surface area contributed by atoms with Crippen LogP contribution in [0.5, 0.6) is 5.75 Å². The summed E-state index contributed by atoms with van der Waals surface area (Å²) in [6.45, 7) is 1.28. The van der Waals surface area contributed by atoms with Gasteiger partial charge < -0.3 is 4.74 Å². The van der Waals surface area contributed by atoms with Crippen LogP contribution in [-0.4, -0.2) is 15.4 Å². The van der Waals surface area contributed by atoms with Gasteiger partial charge in [0, 0.05) is 0 Å². The van der Waals surface area contributed by atoms with Crippen LogP contribution in [-0.2, 0) is 12.8 Å². The van der Waals surface area contributed by atoms with Crippen LogP contribution >= 0.6 is 0 Å². The van der Waals surface area contributed by atoms with Gasteiger partial charge in [0.15, 0.2) is 17.2 Å². The first-order chi connectivity index (χ1) is 11.4. The summed E-state index contributed by atoms with van der Waals surface area (Å²) < 4.78 is 46.5. The molecular formula is C17H13F3N2O2. The van der Waals surface area contributed by atoms with E-state index in [4.69, 9.17) is 4.74 Å². The maximum absolute atomic E-state index is 13.5. The summed E-state index contributed by atoms with van der Waals surface area (Å²) in [4.78, 5) is 11.5. The zero-order chi connectivity index (χ0) is 17.3. The van der Waals surface area contributed by atoms with E-state index in [-0.39, 0.29) is 29.2 Å². The number of rotatable bonds is 4. The molecule has 4 nitrogen and oxygen atoms in total. The van der Waals surface area contributed by atoms with Crippen LogP contribution in [0.3, 0.4) is 0 Å². The number of ketones is 1. The summed E-state index contributed by atoms with van der Waals surface area (Å²) in [5, 5.41) is 3.72. The van der Waals surface area contributed by atoms with Crippen molar-refractivity contribution in [3.8, 4) is 5.75 Å². The number of ether oxygens (including phenoxy) is 1. The number of fused-ring (bicyclic) bond motifs is 1. The van der Waals surface area contributed by atoms with Gasteiger partial charge in [0.05, 0.1) is 17.3 Å². The fraction of sp³-hybridized carbons (Fsp3) is 0.176. The second kappa shape index (κ2) is 5.99. The van der Waals surface area contributed by atoms with Crippen molar-refractivity contribution in [2.75, 3.05) is 0 Å².